The van der Waals surface area contributed by atoms with Crippen LogP contribution in [0, 0.1) is 21.2 Å². The highest BCUT2D eigenvalue weighted by Crippen LogP contribution is 2.32. The summed E-state index contributed by atoms with van der Waals surface area (Å²) in [6.07, 6.45) is 0. The van der Waals surface area contributed by atoms with Gasteiger partial charge in [-0.3, -0.25) is 0 Å². The number of ether oxygens (including phenoxy) is 1. The maximum Gasteiger partial charge on any atom is 0.340 e. The molecule has 21 heavy (non-hydrogen) atoms. The van der Waals surface area contributed by atoms with Crippen LogP contribution in [0.25, 0.3) is 0 Å². The molecule has 0 spiro atoms. The third kappa shape index (κ3) is 4.22. The number of benzene rings is 2. The fourth-order valence-corrected chi connectivity index (χ4v) is 6.01. The second kappa shape index (κ2) is 8.08. The van der Waals surface area contributed by atoms with Gasteiger partial charge in [0.05, 0.1) is 5.56 Å². The molecular weight excluding hydrogens is 720 g/mol. The van der Waals surface area contributed by atoms with Crippen LogP contribution in [-0.4, -0.2) is 5.97 Å². The summed E-state index contributed by atoms with van der Waals surface area (Å²) < 4.78 is 9.71. The Morgan fingerprint density at radius 2 is 1.57 bits per heavy atom. The van der Waals surface area contributed by atoms with Gasteiger partial charge >= 0.3 is 5.97 Å². The Bertz CT molecular complexity index is 655. The van der Waals surface area contributed by atoms with Gasteiger partial charge in [-0.25, -0.2) is 4.79 Å². The van der Waals surface area contributed by atoms with Crippen LogP contribution in [0.15, 0.2) is 30.3 Å². The number of rotatable bonds is 3. The lowest BCUT2D eigenvalue weighted by atomic mass is 10.1. The summed E-state index contributed by atoms with van der Waals surface area (Å²) in [5.74, 6) is -0.259. The van der Waals surface area contributed by atoms with Crippen molar-refractivity contribution in [2.75, 3.05) is 0 Å². The Labute approximate surface area is 178 Å². The quantitative estimate of drug-likeness (QED) is 0.174. The Morgan fingerprint density at radius 1 is 0.952 bits per heavy atom. The van der Waals surface area contributed by atoms with Crippen molar-refractivity contribution in [2.24, 2.45) is 0 Å². The third-order valence-corrected chi connectivity index (χ3v) is 9.82. The van der Waals surface area contributed by atoms with E-state index in [0.717, 1.165) is 21.8 Å². The molecule has 2 aromatic rings. The van der Waals surface area contributed by atoms with Crippen molar-refractivity contribution < 1.29 is 9.53 Å². The highest BCUT2D eigenvalue weighted by atomic mass is 127. The van der Waals surface area contributed by atoms with Gasteiger partial charge in [0.15, 0.2) is 0 Å². The van der Waals surface area contributed by atoms with E-state index in [1.807, 2.05) is 37.3 Å². The molecule has 0 N–H and O–H groups in total. The Hall–Kier alpha value is 0.830. The zero-order valence-electron chi connectivity index (χ0n) is 10.9. The molecule has 0 saturated heterocycles. The molecule has 0 atom stereocenters. The van der Waals surface area contributed by atoms with E-state index in [1.54, 1.807) is 0 Å². The molecule has 0 bridgehead atoms. The van der Waals surface area contributed by atoms with Crippen LogP contribution in [0.2, 0.25) is 0 Å². The molecule has 0 aromatic heterocycles. The van der Waals surface area contributed by atoms with Gasteiger partial charge in [-0.1, -0.05) is 30.3 Å². The van der Waals surface area contributed by atoms with Gasteiger partial charge in [-0.05, 0) is 108 Å². The summed E-state index contributed by atoms with van der Waals surface area (Å²) in [4.78, 5) is 12.4. The van der Waals surface area contributed by atoms with Crippen LogP contribution in [-0.2, 0) is 11.3 Å². The van der Waals surface area contributed by atoms with Crippen LogP contribution in [0.1, 0.15) is 21.5 Å². The first kappa shape index (κ1) is 18.2. The summed E-state index contributed by atoms with van der Waals surface area (Å²) in [6, 6.07) is 9.73. The van der Waals surface area contributed by atoms with Crippen LogP contribution < -0.4 is 0 Å². The van der Waals surface area contributed by atoms with Crippen molar-refractivity contribution in [1.82, 2.24) is 0 Å². The molecule has 2 aromatic carbocycles. The predicted octanol–water partition coefficient (Wildman–Crippen LogP) is 5.77. The SMILES string of the molecule is Cc1c(I)c(I)c(I)c(C(=O)OCc2ccccc2)c1I. The molecule has 0 unspecified atom stereocenters. The number of hydrogen-bond acceptors (Lipinski definition) is 2. The minimum atomic E-state index is -0.259. The van der Waals surface area contributed by atoms with E-state index >= 15 is 0 Å². The lowest BCUT2D eigenvalue weighted by molar-refractivity contribution is 0.0470. The molecule has 110 valence electrons. The second-order valence-corrected chi connectivity index (χ2v) is 8.63. The van der Waals surface area contributed by atoms with Crippen LogP contribution in [0.3, 0.4) is 0 Å². The van der Waals surface area contributed by atoms with Crippen molar-refractivity contribution in [3.8, 4) is 0 Å². The van der Waals surface area contributed by atoms with Gasteiger partial charge in [0.2, 0.25) is 0 Å². The van der Waals surface area contributed by atoms with E-state index in [9.17, 15) is 4.79 Å². The first-order valence-corrected chi connectivity index (χ1v) is 10.3. The number of hydrogen-bond donors (Lipinski definition) is 0. The monoisotopic (exact) mass is 730 g/mol. The van der Waals surface area contributed by atoms with Crippen molar-refractivity contribution in [1.29, 1.82) is 0 Å². The molecule has 6 heteroatoms. The number of carbonyl (C=O) groups excluding carboxylic acids is 1. The van der Waals surface area contributed by atoms with E-state index in [4.69, 9.17) is 4.74 Å². The first-order valence-electron chi connectivity index (χ1n) is 5.97. The summed E-state index contributed by atoms with van der Waals surface area (Å²) in [7, 11) is 0. The Morgan fingerprint density at radius 3 is 2.19 bits per heavy atom. The van der Waals surface area contributed by atoms with Crippen molar-refractivity contribution in [3.05, 3.63) is 61.3 Å². The van der Waals surface area contributed by atoms with E-state index in [1.165, 1.54) is 3.57 Å². The number of halogens is 4. The summed E-state index contributed by atoms with van der Waals surface area (Å²) in [6.45, 7) is 2.34. The first-order chi connectivity index (χ1) is 9.93. The van der Waals surface area contributed by atoms with Gasteiger partial charge in [0, 0.05) is 14.3 Å². The highest BCUT2D eigenvalue weighted by Gasteiger charge is 2.22. The molecule has 0 amide bonds. The third-order valence-electron chi connectivity index (χ3n) is 2.90. The van der Waals surface area contributed by atoms with E-state index in [0.29, 0.717) is 12.2 Å². The highest BCUT2D eigenvalue weighted by molar-refractivity contribution is 14.1. The molecule has 0 heterocycles. The fourth-order valence-electron chi connectivity index (χ4n) is 1.73. The van der Waals surface area contributed by atoms with Crippen molar-refractivity contribution >= 4 is 96.3 Å². The average molecular weight is 730 g/mol. The smallest absolute Gasteiger partial charge is 0.340 e. The molecular formula is C15H10I4O2. The lowest BCUT2D eigenvalue weighted by Crippen LogP contribution is -2.13. The normalized spacial score (nSPS) is 10.5. The summed E-state index contributed by atoms with van der Waals surface area (Å²) in [5, 5.41) is 0. The standard InChI is InChI=1S/C15H10I4O2/c1-8-11(16)10(13(18)14(19)12(8)17)15(20)21-7-9-5-3-2-4-6-9/h2-6H,7H2,1H3. The van der Waals surface area contributed by atoms with Crippen LogP contribution >= 0.6 is 90.4 Å². The summed E-state index contributed by atoms with van der Waals surface area (Å²) in [5.41, 5.74) is 2.80. The molecule has 2 nitrogen and oxygen atoms in total. The average Bonchev–Trinajstić information content (AvgIpc) is 2.50. The molecule has 0 saturated carbocycles. The Balaban J connectivity index is 2.28. The van der Waals surface area contributed by atoms with Gasteiger partial charge in [0.25, 0.3) is 0 Å². The van der Waals surface area contributed by atoms with E-state index in [2.05, 4.69) is 90.4 Å². The summed E-state index contributed by atoms with van der Waals surface area (Å²) >= 11 is 9.06. The van der Waals surface area contributed by atoms with Crippen LogP contribution in [0.4, 0.5) is 0 Å². The van der Waals surface area contributed by atoms with E-state index < -0.39 is 0 Å². The molecule has 0 aliphatic rings. The molecule has 0 aliphatic carbocycles. The van der Waals surface area contributed by atoms with E-state index in [-0.39, 0.29) is 5.97 Å². The lowest BCUT2D eigenvalue weighted by Gasteiger charge is -2.14. The minimum Gasteiger partial charge on any atom is -0.457 e. The van der Waals surface area contributed by atoms with Gasteiger partial charge in [-0.2, -0.15) is 0 Å². The molecule has 2 rings (SSSR count). The number of carbonyl (C=O) groups is 1. The zero-order valence-corrected chi connectivity index (χ0v) is 19.6. The van der Waals surface area contributed by atoms with Crippen molar-refractivity contribution in [2.45, 2.75) is 13.5 Å². The van der Waals surface area contributed by atoms with Crippen LogP contribution in [0.5, 0.6) is 0 Å². The van der Waals surface area contributed by atoms with Gasteiger partial charge < -0.3 is 4.74 Å². The minimum absolute atomic E-state index is 0.259. The topological polar surface area (TPSA) is 26.3 Å². The maximum atomic E-state index is 12.4. The predicted molar refractivity (Wildman–Crippen MR) is 118 cm³/mol. The number of esters is 1. The largest absolute Gasteiger partial charge is 0.457 e. The maximum absolute atomic E-state index is 12.4. The molecule has 0 fully saturated rings. The molecule has 0 aliphatic heterocycles. The Kier molecular flexibility index (Phi) is 7.00. The fraction of sp³-hybridized carbons (Fsp3) is 0.133. The molecule has 0 radical (unpaired) electrons. The van der Waals surface area contributed by atoms with Crippen molar-refractivity contribution in [3.63, 3.8) is 0 Å². The second-order valence-electron chi connectivity index (χ2n) is 4.32. The van der Waals surface area contributed by atoms with Gasteiger partial charge in [0.1, 0.15) is 6.61 Å². The van der Waals surface area contributed by atoms with Gasteiger partial charge in [-0.15, -0.1) is 0 Å². The zero-order chi connectivity index (χ0) is 15.6.